The summed E-state index contributed by atoms with van der Waals surface area (Å²) in [6.45, 7) is 0.858. The molecule has 2 rings (SSSR count). The van der Waals surface area contributed by atoms with Gasteiger partial charge in [0.15, 0.2) is 6.23 Å². The molecule has 0 amide bonds. The lowest BCUT2D eigenvalue weighted by Crippen LogP contribution is -2.58. The summed E-state index contributed by atoms with van der Waals surface area (Å²) in [4.78, 5) is 25.1. The second-order valence-corrected chi connectivity index (χ2v) is 4.70. The van der Waals surface area contributed by atoms with Gasteiger partial charge in [0.05, 0.1) is 6.61 Å². The molecule has 0 aromatic carbocycles. The number of aliphatic hydroxyl groups is 4. The summed E-state index contributed by atoms with van der Waals surface area (Å²) in [7, 11) is 0. The number of aromatic amines is 1. The number of rotatable bonds is 2. The van der Waals surface area contributed by atoms with Gasteiger partial charge in [-0.05, 0) is 6.92 Å². The van der Waals surface area contributed by atoms with Crippen molar-refractivity contribution in [2.24, 2.45) is 0 Å². The normalized spacial score (nSPS) is 34.1. The van der Waals surface area contributed by atoms with Gasteiger partial charge in [-0.1, -0.05) is 0 Å². The van der Waals surface area contributed by atoms with Gasteiger partial charge in [0, 0.05) is 11.8 Å². The van der Waals surface area contributed by atoms with Crippen LogP contribution in [-0.2, 0) is 4.74 Å². The molecule has 9 nitrogen and oxygen atoms in total. The van der Waals surface area contributed by atoms with E-state index in [9.17, 15) is 24.9 Å². The van der Waals surface area contributed by atoms with Crippen LogP contribution in [0, 0.1) is 6.92 Å². The maximum absolute atomic E-state index is 11.7. The van der Waals surface area contributed by atoms with Crippen molar-refractivity contribution >= 4 is 0 Å². The molecule has 5 atom stereocenters. The lowest BCUT2D eigenvalue weighted by Gasteiger charge is -2.40. The van der Waals surface area contributed by atoms with Crippen LogP contribution in [0.4, 0.5) is 0 Å². The molecule has 0 spiro atoms. The number of aliphatic hydroxyl groups excluding tert-OH is 4. The molecule has 1 aromatic rings. The standard InChI is InChI=1S/C11H16N2O7/c1-4-2-13(11(19)12-9(4)18)10-8(17)7(16)6(15)5(3-14)20-10/h2,5-8,10,14-17H,3H2,1H3,(H,12,18,19)/t5-,6+,7+,8-,10-/m1/s1. The number of nitrogens with zero attached hydrogens (tertiary/aromatic N) is 1. The highest BCUT2D eigenvalue weighted by Crippen LogP contribution is 2.27. The highest BCUT2D eigenvalue weighted by atomic mass is 16.6. The Hall–Kier alpha value is -1.52. The maximum atomic E-state index is 11.7. The first-order valence-corrected chi connectivity index (χ1v) is 5.99. The predicted molar refractivity (Wildman–Crippen MR) is 65.1 cm³/mol. The van der Waals surface area contributed by atoms with E-state index in [1.165, 1.54) is 13.1 Å². The van der Waals surface area contributed by atoms with E-state index in [2.05, 4.69) is 0 Å². The zero-order chi connectivity index (χ0) is 15.0. The monoisotopic (exact) mass is 288 g/mol. The average Bonchev–Trinajstić information content (AvgIpc) is 2.41. The molecule has 1 saturated heterocycles. The molecule has 1 aliphatic rings. The minimum Gasteiger partial charge on any atom is -0.394 e. The lowest BCUT2D eigenvalue weighted by atomic mass is 9.98. The van der Waals surface area contributed by atoms with Crippen LogP contribution in [0.25, 0.3) is 0 Å². The van der Waals surface area contributed by atoms with Crippen LogP contribution in [0.3, 0.4) is 0 Å². The first-order chi connectivity index (χ1) is 9.36. The summed E-state index contributed by atoms with van der Waals surface area (Å²) in [5.74, 6) is 0. The summed E-state index contributed by atoms with van der Waals surface area (Å²) in [6, 6.07) is 0. The molecule has 5 N–H and O–H groups in total. The van der Waals surface area contributed by atoms with Crippen LogP contribution in [0.2, 0.25) is 0 Å². The van der Waals surface area contributed by atoms with Crippen molar-refractivity contribution < 1.29 is 25.2 Å². The average molecular weight is 288 g/mol. The molecule has 1 fully saturated rings. The van der Waals surface area contributed by atoms with Crippen molar-refractivity contribution in [1.29, 1.82) is 0 Å². The highest BCUT2D eigenvalue weighted by molar-refractivity contribution is 5.03. The summed E-state index contributed by atoms with van der Waals surface area (Å²) >= 11 is 0. The van der Waals surface area contributed by atoms with Gasteiger partial charge in [-0.15, -0.1) is 0 Å². The molecule has 1 aliphatic heterocycles. The highest BCUT2D eigenvalue weighted by Gasteiger charge is 2.44. The van der Waals surface area contributed by atoms with Crippen LogP contribution in [0.15, 0.2) is 15.8 Å². The fraction of sp³-hybridized carbons (Fsp3) is 0.636. The number of ether oxygens (including phenoxy) is 1. The van der Waals surface area contributed by atoms with Gasteiger partial charge >= 0.3 is 5.69 Å². The van der Waals surface area contributed by atoms with E-state index >= 15 is 0 Å². The molecular formula is C11H16N2O7. The van der Waals surface area contributed by atoms with Gasteiger partial charge in [0.1, 0.15) is 24.4 Å². The third kappa shape index (κ3) is 2.41. The Morgan fingerprint density at radius 3 is 2.50 bits per heavy atom. The molecule has 1 aromatic heterocycles. The number of hydrogen-bond acceptors (Lipinski definition) is 7. The van der Waals surface area contributed by atoms with Crippen LogP contribution in [0.1, 0.15) is 11.8 Å². The number of nitrogens with one attached hydrogen (secondary N) is 1. The summed E-state index contributed by atoms with van der Waals surface area (Å²) < 4.78 is 6.13. The van der Waals surface area contributed by atoms with Crippen molar-refractivity contribution in [1.82, 2.24) is 9.55 Å². The van der Waals surface area contributed by atoms with Crippen LogP contribution in [0.5, 0.6) is 0 Å². The second-order valence-electron chi connectivity index (χ2n) is 4.70. The molecule has 0 saturated carbocycles. The second kappa shape index (κ2) is 5.46. The van der Waals surface area contributed by atoms with Crippen molar-refractivity contribution in [3.05, 3.63) is 32.6 Å². The van der Waals surface area contributed by atoms with E-state index in [0.29, 0.717) is 0 Å². The zero-order valence-electron chi connectivity index (χ0n) is 10.6. The molecule has 0 aliphatic carbocycles. The predicted octanol–water partition coefficient (Wildman–Crippen LogP) is -3.18. The Kier molecular flexibility index (Phi) is 4.06. The van der Waals surface area contributed by atoms with Gasteiger partial charge in [-0.25, -0.2) is 4.79 Å². The number of aromatic nitrogens is 2. The Morgan fingerprint density at radius 2 is 1.90 bits per heavy atom. The third-order valence-electron chi connectivity index (χ3n) is 3.29. The Labute approximate surface area is 112 Å². The molecule has 0 bridgehead atoms. The van der Waals surface area contributed by atoms with Gasteiger partial charge in [-0.2, -0.15) is 0 Å². The molecular weight excluding hydrogens is 272 g/mol. The van der Waals surface area contributed by atoms with E-state index in [1.807, 2.05) is 4.98 Å². The number of aryl methyl sites for hydroxylation is 1. The zero-order valence-corrected chi connectivity index (χ0v) is 10.6. The molecule has 20 heavy (non-hydrogen) atoms. The Balaban J connectivity index is 2.44. The van der Waals surface area contributed by atoms with E-state index in [0.717, 1.165) is 4.57 Å². The summed E-state index contributed by atoms with van der Waals surface area (Å²) in [5.41, 5.74) is -1.19. The fourth-order valence-electron chi connectivity index (χ4n) is 2.09. The van der Waals surface area contributed by atoms with Gasteiger partial charge < -0.3 is 25.2 Å². The SMILES string of the molecule is Cc1cn([C@@H]2O[C@H](CO)[C@H](O)[C@H](O)[C@H]2O)c(=O)[nH]c1=O. The fourth-order valence-corrected chi connectivity index (χ4v) is 2.09. The van der Waals surface area contributed by atoms with E-state index in [-0.39, 0.29) is 5.56 Å². The van der Waals surface area contributed by atoms with Gasteiger partial charge in [0.2, 0.25) is 0 Å². The third-order valence-corrected chi connectivity index (χ3v) is 3.29. The number of H-pyrrole nitrogens is 1. The topological polar surface area (TPSA) is 145 Å². The first-order valence-electron chi connectivity index (χ1n) is 5.99. The van der Waals surface area contributed by atoms with E-state index in [4.69, 9.17) is 9.84 Å². The molecule has 0 unspecified atom stereocenters. The summed E-state index contributed by atoms with van der Waals surface area (Å²) in [6.07, 6.45) is -5.97. The van der Waals surface area contributed by atoms with Crippen molar-refractivity contribution in [3.8, 4) is 0 Å². The lowest BCUT2D eigenvalue weighted by molar-refractivity contribution is -0.252. The van der Waals surface area contributed by atoms with E-state index < -0.39 is 48.5 Å². The van der Waals surface area contributed by atoms with Crippen LogP contribution in [-0.4, -0.2) is 61.0 Å². The summed E-state index contributed by atoms with van der Waals surface area (Å²) in [5, 5.41) is 38.3. The molecule has 9 heteroatoms. The van der Waals surface area contributed by atoms with Crippen LogP contribution >= 0.6 is 0 Å². The minimum absolute atomic E-state index is 0.210. The van der Waals surface area contributed by atoms with Crippen molar-refractivity contribution in [2.45, 2.75) is 37.6 Å². The van der Waals surface area contributed by atoms with E-state index in [1.54, 1.807) is 0 Å². The minimum atomic E-state index is -1.59. The molecule has 2 heterocycles. The number of hydrogen-bond donors (Lipinski definition) is 5. The quantitative estimate of drug-likeness (QED) is 0.385. The van der Waals surface area contributed by atoms with Crippen molar-refractivity contribution in [2.75, 3.05) is 6.61 Å². The van der Waals surface area contributed by atoms with Gasteiger partial charge in [-0.3, -0.25) is 14.3 Å². The Bertz CT molecular complexity index is 593. The van der Waals surface area contributed by atoms with Crippen LogP contribution < -0.4 is 11.2 Å². The van der Waals surface area contributed by atoms with Gasteiger partial charge in [0.25, 0.3) is 5.56 Å². The largest absolute Gasteiger partial charge is 0.394 e. The Morgan fingerprint density at radius 1 is 1.25 bits per heavy atom. The smallest absolute Gasteiger partial charge is 0.330 e. The molecule has 112 valence electrons. The van der Waals surface area contributed by atoms with Crippen molar-refractivity contribution in [3.63, 3.8) is 0 Å². The molecule has 0 radical (unpaired) electrons. The first kappa shape index (κ1) is 14.9. The maximum Gasteiger partial charge on any atom is 0.330 e.